The zero-order valence-electron chi connectivity index (χ0n) is 7.72. The Balaban J connectivity index is 2.65. The van der Waals surface area contributed by atoms with Crippen molar-refractivity contribution >= 4 is 11.6 Å². The third-order valence-electron chi connectivity index (χ3n) is 1.38. The molecule has 0 aliphatic rings. The molecule has 0 aromatic carbocycles. The molecule has 0 aliphatic carbocycles. The van der Waals surface area contributed by atoms with Crippen molar-refractivity contribution in [2.75, 3.05) is 6.61 Å². The quantitative estimate of drug-likeness (QED) is 0.788. The fourth-order valence-electron chi connectivity index (χ4n) is 0.717. The third kappa shape index (κ3) is 3.41. The van der Waals surface area contributed by atoms with Gasteiger partial charge < -0.3 is 4.74 Å². The molecule has 3 nitrogen and oxygen atoms in total. The first-order valence-corrected chi connectivity index (χ1v) is 4.27. The Morgan fingerprint density at radius 1 is 1.50 bits per heavy atom. The van der Waals surface area contributed by atoms with Gasteiger partial charge in [-0.15, -0.1) is 10.2 Å². The second-order valence-electron chi connectivity index (χ2n) is 3.02. The third-order valence-corrected chi connectivity index (χ3v) is 1.75. The van der Waals surface area contributed by atoms with Crippen molar-refractivity contribution in [1.82, 2.24) is 10.2 Å². The highest BCUT2D eigenvalue weighted by Crippen LogP contribution is 2.17. The van der Waals surface area contributed by atoms with Gasteiger partial charge in [-0.05, 0) is 12.5 Å². The summed E-state index contributed by atoms with van der Waals surface area (Å²) in [5.74, 6) is -2.83. The van der Waals surface area contributed by atoms with E-state index in [9.17, 15) is 8.78 Å². The van der Waals surface area contributed by atoms with E-state index in [1.54, 1.807) is 6.92 Å². The molecular formula is C8H9ClF2N2O. The molecule has 0 atom stereocenters. The van der Waals surface area contributed by atoms with E-state index in [0.717, 1.165) is 6.92 Å². The average molecular weight is 223 g/mol. The standard InChI is InChI=1S/C8H9ClF2N2O/c1-5-3-6(12-13-7(5)9)14-4-8(2,10)11/h3H,4H2,1-2H3. The Kier molecular flexibility index (Phi) is 3.21. The summed E-state index contributed by atoms with van der Waals surface area (Å²) in [6, 6.07) is 1.46. The second-order valence-corrected chi connectivity index (χ2v) is 3.37. The molecule has 0 N–H and O–H groups in total. The van der Waals surface area contributed by atoms with Crippen molar-refractivity contribution in [3.05, 3.63) is 16.8 Å². The smallest absolute Gasteiger partial charge is 0.278 e. The van der Waals surface area contributed by atoms with Crippen LogP contribution in [0, 0.1) is 6.92 Å². The van der Waals surface area contributed by atoms with E-state index in [1.165, 1.54) is 6.07 Å². The lowest BCUT2D eigenvalue weighted by atomic mass is 10.3. The molecule has 0 bridgehead atoms. The van der Waals surface area contributed by atoms with Crippen molar-refractivity contribution < 1.29 is 13.5 Å². The van der Waals surface area contributed by atoms with E-state index in [4.69, 9.17) is 16.3 Å². The van der Waals surface area contributed by atoms with Crippen LogP contribution in [0.3, 0.4) is 0 Å². The Labute approximate surface area is 85.0 Å². The summed E-state index contributed by atoms with van der Waals surface area (Å²) in [5.41, 5.74) is 0.635. The summed E-state index contributed by atoms with van der Waals surface area (Å²) in [6.07, 6.45) is 0. The van der Waals surface area contributed by atoms with Crippen LogP contribution in [0.25, 0.3) is 0 Å². The van der Waals surface area contributed by atoms with E-state index >= 15 is 0 Å². The van der Waals surface area contributed by atoms with Crippen LogP contribution in [0.2, 0.25) is 5.15 Å². The van der Waals surface area contributed by atoms with E-state index in [2.05, 4.69) is 10.2 Å². The molecule has 0 spiro atoms. The minimum absolute atomic E-state index is 0.0495. The summed E-state index contributed by atoms with van der Waals surface area (Å²) < 4.78 is 29.5. The summed E-state index contributed by atoms with van der Waals surface area (Å²) in [4.78, 5) is 0. The molecule has 0 unspecified atom stereocenters. The molecule has 78 valence electrons. The maximum Gasteiger partial charge on any atom is 0.278 e. The molecule has 1 aromatic rings. The first-order chi connectivity index (χ1) is 6.38. The fraction of sp³-hybridized carbons (Fsp3) is 0.500. The molecule has 6 heteroatoms. The number of aromatic nitrogens is 2. The van der Waals surface area contributed by atoms with Crippen LogP contribution >= 0.6 is 11.6 Å². The molecule has 0 aliphatic heterocycles. The minimum atomic E-state index is -2.88. The van der Waals surface area contributed by atoms with Gasteiger partial charge in [-0.2, -0.15) is 0 Å². The number of rotatable bonds is 3. The lowest BCUT2D eigenvalue weighted by molar-refractivity contribution is -0.0245. The number of ether oxygens (including phenoxy) is 1. The number of hydrogen-bond donors (Lipinski definition) is 0. The van der Waals surface area contributed by atoms with Gasteiger partial charge in [0.05, 0.1) is 0 Å². The van der Waals surface area contributed by atoms with Gasteiger partial charge in [0.1, 0.15) is 0 Å². The molecule has 14 heavy (non-hydrogen) atoms. The molecule has 0 fully saturated rings. The maximum atomic E-state index is 12.4. The van der Waals surface area contributed by atoms with Crippen LogP contribution < -0.4 is 4.74 Å². The Morgan fingerprint density at radius 3 is 2.64 bits per heavy atom. The number of aryl methyl sites for hydroxylation is 1. The molecule has 1 aromatic heterocycles. The van der Waals surface area contributed by atoms with E-state index in [-0.39, 0.29) is 11.0 Å². The summed E-state index contributed by atoms with van der Waals surface area (Å²) in [5, 5.41) is 7.27. The second kappa shape index (κ2) is 4.04. The highest BCUT2D eigenvalue weighted by atomic mass is 35.5. The Hall–Kier alpha value is -0.970. The number of alkyl halides is 2. The van der Waals surface area contributed by atoms with Crippen LogP contribution in [0.15, 0.2) is 6.07 Å². The monoisotopic (exact) mass is 222 g/mol. The molecular weight excluding hydrogens is 214 g/mol. The minimum Gasteiger partial charge on any atom is -0.470 e. The molecule has 1 rings (SSSR count). The first kappa shape index (κ1) is 11.1. The lowest BCUT2D eigenvalue weighted by Gasteiger charge is -2.10. The molecule has 0 saturated heterocycles. The van der Waals surface area contributed by atoms with Gasteiger partial charge in [-0.1, -0.05) is 11.6 Å². The highest BCUT2D eigenvalue weighted by Gasteiger charge is 2.22. The van der Waals surface area contributed by atoms with Crippen molar-refractivity contribution in [1.29, 1.82) is 0 Å². The number of nitrogens with zero attached hydrogens (tertiary/aromatic N) is 2. The van der Waals surface area contributed by atoms with E-state index < -0.39 is 12.5 Å². The molecule has 0 radical (unpaired) electrons. The SMILES string of the molecule is Cc1cc(OCC(C)(F)F)nnc1Cl. The normalized spacial score (nSPS) is 11.5. The van der Waals surface area contributed by atoms with Crippen molar-refractivity contribution in [2.24, 2.45) is 0 Å². The van der Waals surface area contributed by atoms with Crippen molar-refractivity contribution in [2.45, 2.75) is 19.8 Å². The van der Waals surface area contributed by atoms with Gasteiger partial charge in [0.25, 0.3) is 5.92 Å². The highest BCUT2D eigenvalue weighted by molar-refractivity contribution is 6.30. The van der Waals surface area contributed by atoms with Crippen molar-refractivity contribution in [3.8, 4) is 5.88 Å². The van der Waals surface area contributed by atoms with Gasteiger partial charge in [-0.3, -0.25) is 0 Å². The first-order valence-electron chi connectivity index (χ1n) is 3.89. The predicted molar refractivity (Wildman–Crippen MR) is 47.9 cm³/mol. The maximum absolute atomic E-state index is 12.4. The average Bonchev–Trinajstić information content (AvgIpc) is 2.06. The largest absolute Gasteiger partial charge is 0.470 e. The van der Waals surface area contributed by atoms with Crippen molar-refractivity contribution in [3.63, 3.8) is 0 Å². The van der Waals surface area contributed by atoms with Crippen LogP contribution in [-0.4, -0.2) is 22.7 Å². The van der Waals surface area contributed by atoms with Gasteiger partial charge >= 0.3 is 0 Å². The number of halogens is 3. The Bertz CT molecular complexity index is 328. The van der Waals surface area contributed by atoms with Gasteiger partial charge in [0.15, 0.2) is 11.8 Å². The number of hydrogen-bond acceptors (Lipinski definition) is 3. The van der Waals surface area contributed by atoms with Gasteiger partial charge in [0.2, 0.25) is 5.88 Å². The van der Waals surface area contributed by atoms with E-state index in [0.29, 0.717) is 5.56 Å². The van der Waals surface area contributed by atoms with Crippen LogP contribution in [0.4, 0.5) is 8.78 Å². The summed E-state index contributed by atoms with van der Waals surface area (Å²) in [7, 11) is 0. The molecule has 0 amide bonds. The van der Waals surface area contributed by atoms with Crippen LogP contribution in [0.5, 0.6) is 5.88 Å². The summed E-state index contributed by atoms with van der Waals surface area (Å²) >= 11 is 5.59. The zero-order chi connectivity index (χ0) is 10.8. The van der Waals surface area contributed by atoms with Gasteiger partial charge in [0, 0.05) is 13.0 Å². The fourth-order valence-corrected chi connectivity index (χ4v) is 0.809. The van der Waals surface area contributed by atoms with Crippen LogP contribution in [-0.2, 0) is 0 Å². The lowest BCUT2D eigenvalue weighted by Crippen LogP contribution is -2.21. The Morgan fingerprint density at radius 2 is 2.14 bits per heavy atom. The zero-order valence-corrected chi connectivity index (χ0v) is 8.48. The molecule has 0 saturated carbocycles. The topological polar surface area (TPSA) is 35.0 Å². The van der Waals surface area contributed by atoms with E-state index in [1.807, 2.05) is 0 Å². The van der Waals surface area contributed by atoms with Gasteiger partial charge in [-0.25, -0.2) is 8.78 Å². The summed E-state index contributed by atoms with van der Waals surface area (Å²) in [6.45, 7) is 1.74. The van der Waals surface area contributed by atoms with Crippen LogP contribution in [0.1, 0.15) is 12.5 Å². The predicted octanol–water partition coefficient (Wildman–Crippen LogP) is 2.47. The molecule has 1 heterocycles.